The minimum atomic E-state index is -0.606. The summed E-state index contributed by atoms with van der Waals surface area (Å²) in [4.78, 5) is 29.2. The summed E-state index contributed by atoms with van der Waals surface area (Å²) in [7, 11) is 0. The maximum atomic E-state index is 12.8. The number of nitrogens with zero attached hydrogens (tertiary/aromatic N) is 1. The molecule has 1 fully saturated rings. The predicted molar refractivity (Wildman–Crippen MR) is 105 cm³/mol. The van der Waals surface area contributed by atoms with E-state index in [0.29, 0.717) is 28.5 Å². The molecule has 6 nitrogen and oxygen atoms in total. The molecule has 1 amide bonds. The van der Waals surface area contributed by atoms with Crippen molar-refractivity contribution in [1.82, 2.24) is 4.98 Å². The van der Waals surface area contributed by atoms with E-state index < -0.39 is 11.5 Å². The van der Waals surface area contributed by atoms with E-state index in [2.05, 4.69) is 10.3 Å². The van der Waals surface area contributed by atoms with Crippen LogP contribution in [0.1, 0.15) is 46.9 Å². The Morgan fingerprint density at radius 3 is 2.71 bits per heavy atom. The van der Waals surface area contributed by atoms with E-state index in [9.17, 15) is 9.59 Å². The van der Waals surface area contributed by atoms with Gasteiger partial charge in [0.25, 0.3) is 5.91 Å². The quantitative estimate of drug-likeness (QED) is 0.701. The molecular weight excluding hydrogens is 356 g/mol. The van der Waals surface area contributed by atoms with Crippen molar-refractivity contribution in [1.29, 1.82) is 0 Å². The summed E-state index contributed by atoms with van der Waals surface area (Å²) in [5, 5.41) is 2.76. The third-order valence-electron chi connectivity index (χ3n) is 4.90. The number of aryl methyl sites for hydroxylation is 1. The number of benzene rings is 1. The van der Waals surface area contributed by atoms with Crippen LogP contribution in [0.2, 0.25) is 0 Å². The van der Waals surface area contributed by atoms with E-state index in [1.54, 1.807) is 61.8 Å². The van der Waals surface area contributed by atoms with Crippen LogP contribution in [0.4, 0.5) is 5.69 Å². The Labute approximate surface area is 162 Å². The van der Waals surface area contributed by atoms with Crippen molar-refractivity contribution >= 4 is 11.6 Å². The van der Waals surface area contributed by atoms with Gasteiger partial charge < -0.3 is 14.5 Å². The molecule has 0 bridgehead atoms. The van der Waals surface area contributed by atoms with E-state index in [1.807, 2.05) is 0 Å². The fourth-order valence-electron chi connectivity index (χ4n) is 3.18. The van der Waals surface area contributed by atoms with Crippen molar-refractivity contribution in [3.8, 4) is 11.5 Å². The number of rotatable bonds is 5. The van der Waals surface area contributed by atoms with Crippen LogP contribution in [0.5, 0.6) is 11.5 Å². The molecule has 0 saturated heterocycles. The highest BCUT2D eigenvalue weighted by molar-refractivity contribution is 6.05. The number of hydrogen-bond acceptors (Lipinski definition) is 5. The number of amides is 1. The third-order valence-corrected chi connectivity index (χ3v) is 4.90. The molecule has 1 saturated carbocycles. The predicted octanol–water partition coefficient (Wildman–Crippen LogP) is 4.66. The Morgan fingerprint density at radius 2 is 2.04 bits per heavy atom. The third kappa shape index (κ3) is 3.67. The maximum absolute atomic E-state index is 12.8. The van der Waals surface area contributed by atoms with E-state index in [0.717, 1.165) is 19.3 Å². The van der Waals surface area contributed by atoms with Crippen LogP contribution in [0.3, 0.4) is 0 Å². The Balaban J connectivity index is 1.58. The van der Waals surface area contributed by atoms with Gasteiger partial charge in [0.2, 0.25) is 0 Å². The molecule has 0 aliphatic heterocycles. The van der Waals surface area contributed by atoms with Gasteiger partial charge in [-0.15, -0.1) is 0 Å². The second-order valence-electron chi connectivity index (χ2n) is 6.86. The second kappa shape index (κ2) is 7.68. The van der Waals surface area contributed by atoms with Crippen molar-refractivity contribution in [2.24, 2.45) is 0 Å². The fraction of sp³-hybridized carbons (Fsp3) is 0.227. The van der Waals surface area contributed by atoms with Crippen LogP contribution in [-0.4, -0.2) is 10.9 Å². The number of pyridine rings is 1. The Bertz CT molecular complexity index is 1060. The molecule has 1 N–H and O–H groups in total. The monoisotopic (exact) mass is 376 g/mol. The van der Waals surface area contributed by atoms with Gasteiger partial charge in [0.1, 0.15) is 17.1 Å². The van der Waals surface area contributed by atoms with Gasteiger partial charge in [0.15, 0.2) is 5.75 Å². The molecule has 1 aliphatic carbocycles. The second-order valence-corrected chi connectivity index (χ2v) is 6.86. The zero-order valence-electron chi connectivity index (χ0n) is 15.5. The molecule has 0 unspecified atom stereocenters. The molecular formula is C22H20N2O4. The molecule has 0 radical (unpaired) electrons. The van der Waals surface area contributed by atoms with Crippen molar-refractivity contribution in [3.63, 3.8) is 0 Å². The molecule has 1 aromatic carbocycles. The standard InChI is InChI=1S/C22H20N2O4/c1-14-12-19(15-6-4-7-15)28-22(26)20(14)21(25)24-17-9-2-3-10-18(17)27-16-8-5-11-23-13-16/h2-3,5,8-13,15H,4,6-7H2,1H3,(H,24,25). The van der Waals surface area contributed by atoms with Crippen LogP contribution < -0.4 is 15.7 Å². The van der Waals surface area contributed by atoms with Gasteiger partial charge in [0, 0.05) is 12.1 Å². The van der Waals surface area contributed by atoms with Crippen molar-refractivity contribution in [2.45, 2.75) is 32.1 Å². The summed E-state index contributed by atoms with van der Waals surface area (Å²) in [6.45, 7) is 1.76. The largest absolute Gasteiger partial charge is 0.454 e. The highest BCUT2D eigenvalue weighted by Gasteiger charge is 2.25. The summed E-state index contributed by atoms with van der Waals surface area (Å²) in [5.41, 5.74) is 0.476. The van der Waals surface area contributed by atoms with Crippen molar-refractivity contribution in [2.75, 3.05) is 5.32 Å². The van der Waals surface area contributed by atoms with Crippen LogP contribution >= 0.6 is 0 Å². The number of aromatic nitrogens is 1. The van der Waals surface area contributed by atoms with E-state index in [4.69, 9.17) is 9.15 Å². The Hall–Kier alpha value is -3.41. The minimum Gasteiger partial charge on any atom is -0.454 e. The highest BCUT2D eigenvalue weighted by Crippen LogP contribution is 2.36. The lowest BCUT2D eigenvalue weighted by atomic mass is 9.83. The first-order chi connectivity index (χ1) is 13.6. The van der Waals surface area contributed by atoms with Gasteiger partial charge in [0.05, 0.1) is 11.9 Å². The molecule has 0 spiro atoms. The van der Waals surface area contributed by atoms with Gasteiger partial charge in [-0.3, -0.25) is 9.78 Å². The van der Waals surface area contributed by atoms with Gasteiger partial charge in [-0.05, 0) is 55.7 Å². The number of anilines is 1. The van der Waals surface area contributed by atoms with Crippen molar-refractivity contribution in [3.05, 3.63) is 82.2 Å². The smallest absolute Gasteiger partial charge is 0.349 e. The lowest BCUT2D eigenvalue weighted by Gasteiger charge is -2.24. The lowest BCUT2D eigenvalue weighted by Crippen LogP contribution is -2.24. The Kier molecular flexibility index (Phi) is 4.93. The Morgan fingerprint density at radius 1 is 1.21 bits per heavy atom. The molecule has 6 heteroatoms. The SMILES string of the molecule is Cc1cc(C2CCC2)oc(=O)c1C(=O)Nc1ccccc1Oc1cccnc1. The first-order valence-electron chi connectivity index (χ1n) is 9.25. The van der Waals surface area contributed by atoms with Crippen LogP contribution in [-0.2, 0) is 0 Å². The molecule has 4 rings (SSSR count). The number of hydrogen-bond donors (Lipinski definition) is 1. The van der Waals surface area contributed by atoms with Gasteiger partial charge in [-0.1, -0.05) is 18.6 Å². The average molecular weight is 376 g/mol. The summed E-state index contributed by atoms with van der Waals surface area (Å²) < 4.78 is 11.2. The first kappa shape index (κ1) is 18.0. The average Bonchev–Trinajstić information content (AvgIpc) is 2.62. The molecule has 2 heterocycles. The summed E-state index contributed by atoms with van der Waals surface area (Å²) in [6.07, 6.45) is 6.41. The molecule has 28 heavy (non-hydrogen) atoms. The van der Waals surface area contributed by atoms with Crippen LogP contribution in [0.25, 0.3) is 0 Å². The fourth-order valence-corrected chi connectivity index (χ4v) is 3.18. The number of carbonyl (C=O) groups excluding carboxylic acids is 1. The topological polar surface area (TPSA) is 81.4 Å². The van der Waals surface area contributed by atoms with E-state index in [1.165, 1.54) is 0 Å². The summed E-state index contributed by atoms with van der Waals surface area (Å²) in [5.74, 6) is 1.44. The highest BCUT2D eigenvalue weighted by atomic mass is 16.5. The van der Waals surface area contributed by atoms with E-state index in [-0.39, 0.29) is 11.5 Å². The molecule has 2 aromatic heterocycles. The van der Waals surface area contributed by atoms with Crippen LogP contribution in [0, 0.1) is 6.92 Å². The lowest BCUT2D eigenvalue weighted by molar-refractivity contribution is 0.102. The van der Waals surface area contributed by atoms with E-state index >= 15 is 0 Å². The van der Waals surface area contributed by atoms with Gasteiger partial charge >= 0.3 is 5.63 Å². The number of carbonyl (C=O) groups is 1. The number of ether oxygens (including phenoxy) is 1. The minimum absolute atomic E-state index is 0.0132. The first-order valence-corrected chi connectivity index (χ1v) is 9.25. The number of para-hydroxylation sites is 2. The normalized spacial score (nSPS) is 13.6. The maximum Gasteiger partial charge on any atom is 0.349 e. The molecule has 0 atom stereocenters. The van der Waals surface area contributed by atoms with Crippen LogP contribution in [0.15, 0.2) is 64.1 Å². The zero-order chi connectivity index (χ0) is 19.5. The zero-order valence-corrected chi connectivity index (χ0v) is 15.5. The number of nitrogens with one attached hydrogen (secondary N) is 1. The summed E-state index contributed by atoms with van der Waals surface area (Å²) in [6, 6.07) is 12.4. The van der Waals surface area contributed by atoms with Gasteiger partial charge in [-0.25, -0.2) is 4.79 Å². The molecule has 3 aromatic rings. The van der Waals surface area contributed by atoms with Crippen molar-refractivity contribution < 1.29 is 13.9 Å². The molecule has 142 valence electrons. The molecule has 1 aliphatic rings. The van der Waals surface area contributed by atoms with Gasteiger partial charge in [-0.2, -0.15) is 0 Å². The summed E-state index contributed by atoms with van der Waals surface area (Å²) >= 11 is 0.